The van der Waals surface area contributed by atoms with Gasteiger partial charge in [0, 0.05) is 11.8 Å². The number of benzene rings is 2. The van der Waals surface area contributed by atoms with Crippen molar-refractivity contribution in [3.8, 4) is 34.4 Å². The van der Waals surface area contributed by atoms with Gasteiger partial charge >= 0.3 is 0 Å². The number of anilines is 2. The average Bonchev–Trinajstić information content (AvgIpc) is 3.19. The van der Waals surface area contributed by atoms with Crippen molar-refractivity contribution in [1.29, 1.82) is 0 Å². The first-order valence-corrected chi connectivity index (χ1v) is 10.4. The number of aromatic nitrogens is 2. The highest BCUT2D eigenvalue weighted by atomic mass is 19.1. The topological polar surface area (TPSA) is 66.3 Å². The summed E-state index contributed by atoms with van der Waals surface area (Å²) in [6.45, 7) is 2.88. The zero-order valence-electron chi connectivity index (χ0n) is 18.0. The Morgan fingerprint density at radius 2 is 1.88 bits per heavy atom. The van der Waals surface area contributed by atoms with E-state index in [9.17, 15) is 4.39 Å². The number of nitrogens with zero attached hydrogens (tertiary/aromatic N) is 2. The van der Waals surface area contributed by atoms with Crippen LogP contribution in [0.5, 0.6) is 23.1 Å². The molecule has 0 unspecified atom stereocenters. The number of ether oxygens (including phenoxy) is 4. The van der Waals surface area contributed by atoms with Gasteiger partial charge < -0.3 is 24.3 Å². The van der Waals surface area contributed by atoms with Crippen molar-refractivity contribution in [1.82, 2.24) is 9.38 Å². The second-order valence-corrected chi connectivity index (χ2v) is 7.22. The number of fused-ring (bicyclic) bond motifs is 2. The Hall–Kier alpha value is -4.01. The van der Waals surface area contributed by atoms with Crippen LogP contribution in [-0.2, 0) is 0 Å². The van der Waals surface area contributed by atoms with Crippen LogP contribution < -0.4 is 24.3 Å². The Morgan fingerprint density at radius 1 is 1.06 bits per heavy atom. The van der Waals surface area contributed by atoms with Gasteiger partial charge in [0.25, 0.3) is 0 Å². The molecule has 1 N–H and O–H groups in total. The second kappa shape index (κ2) is 8.50. The van der Waals surface area contributed by atoms with Crippen molar-refractivity contribution in [2.24, 2.45) is 0 Å². The minimum atomic E-state index is -0.829. The summed E-state index contributed by atoms with van der Waals surface area (Å²) in [5, 5.41) is 3.24. The molecule has 4 aromatic rings. The third-order valence-electron chi connectivity index (χ3n) is 5.21. The Labute approximate surface area is 188 Å². The SMILES string of the molecule is CCOc1ccc(F)c(-c2nc3cccc(OC)n3c2Nc2ccc3c(c2)OCCO3)c1F. The minimum absolute atomic E-state index is 0.0526. The first kappa shape index (κ1) is 20.9. The molecule has 33 heavy (non-hydrogen) atoms. The lowest BCUT2D eigenvalue weighted by molar-refractivity contribution is 0.171. The third-order valence-corrected chi connectivity index (χ3v) is 5.21. The highest BCUT2D eigenvalue weighted by molar-refractivity contribution is 5.82. The number of hydrogen-bond acceptors (Lipinski definition) is 6. The van der Waals surface area contributed by atoms with E-state index in [1.807, 2.05) is 0 Å². The maximum Gasteiger partial charge on any atom is 0.200 e. The highest BCUT2D eigenvalue weighted by Crippen LogP contribution is 2.40. The van der Waals surface area contributed by atoms with E-state index in [0.29, 0.717) is 47.7 Å². The minimum Gasteiger partial charge on any atom is -0.491 e. The van der Waals surface area contributed by atoms with Gasteiger partial charge in [-0.05, 0) is 43.3 Å². The molecule has 170 valence electrons. The predicted molar refractivity (Wildman–Crippen MR) is 119 cm³/mol. The fraction of sp³-hybridized carbons (Fsp3) is 0.208. The summed E-state index contributed by atoms with van der Waals surface area (Å²) in [5.74, 6) is 0.323. The molecule has 0 aliphatic carbocycles. The summed E-state index contributed by atoms with van der Waals surface area (Å²) in [7, 11) is 1.51. The summed E-state index contributed by atoms with van der Waals surface area (Å²) in [5.41, 5.74) is 0.845. The highest BCUT2D eigenvalue weighted by Gasteiger charge is 2.25. The first-order chi connectivity index (χ1) is 16.1. The number of nitrogens with one attached hydrogen (secondary N) is 1. The van der Waals surface area contributed by atoms with Gasteiger partial charge in [-0.25, -0.2) is 18.2 Å². The lowest BCUT2D eigenvalue weighted by Crippen LogP contribution is -2.15. The van der Waals surface area contributed by atoms with Crippen LogP contribution in [0, 0.1) is 11.6 Å². The average molecular weight is 453 g/mol. The molecule has 0 bridgehead atoms. The monoisotopic (exact) mass is 453 g/mol. The van der Waals surface area contributed by atoms with Crippen molar-refractivity contribution in [3.63, 3.8) is 0 Å². The van der Waals surface area contributed by atoms with E-state index in [1.165, 1.54) is 19.2 Å². The van der Waals surface area contributed by atoms with Gasteiger partial charge in [0.1, 0.15) is 36.2 Å². The molecule has 1 aliphatic heterocycles. The lowest BCUT2D eigenvalue weighted by atomic mass is 10.1. The van der Waals surface area contributed by atoms with E-state index in [4.69, 9.17) is 18.9 Å². The molecule has 7 nitrogen and oxygen atoms in total. The van der Waals surface area contributed by atoms with Crippen molar-refractivity contribution in [2.75, 3.05) is 32.2 Å². The van der Waals surface area contributed by atoms with Crippen LogP contribution in [0.15, 0.2) is 48.5 Å². The molecular weight excluding hydrogens is 432 g/mol. The van der Waals surface area contributed by atoms with Crippen molar-refractivity contribution < 1.29 is 27.7 Å². The zero-order valence-corrected chi connectivity index (χ0v) is 18.0. The van der Waals surface area contributed by atoms with Crippen LogP contribution in [0.1, 0.15) is 6.92 Å². The summed E-state index contributed by atoms with van der Waals surface area (Å²) in [4.78, 5) is 4.53. The molecule has 1 aliphatic rings. The summed E-state index contributed by atoms with van der Waals surface area (Å²) in [6.07, 6.45) is 0. The normalized spacial score (nSPS) is 12.6. The Balaban J connectivity index is 1.71. The van der Waals surface area contributed by atoms with E-state index < -0.39 is 11.6 Å². The molecule has 0 atom stereocenters. The van der Waals surface area contributed by atoms with Crippen LogP contribution in [0.3, 0.4) is 0 Å². The molecule has 5 rings (SSSR count). The molecular formula is C24H21F2N3O4. The van der Waals surface area contributed by atoms with Gasteiger partial charge in [0.2, 0.25) is 5.88 Å². The van der Waals surface area contributed by atoms with Crippen LogP contribution in [-0.4, -0.2) is 36.3 Å². The summed E-state index contributed by atoms with van der Waals surface area (Å²) >= 11 is 0. The quantitative estimate of drug-likeness (QED) is 0.433. The molecule has 9 heteroatoms. The van der Waals surface area contributed by atoms with Crippen molar-refractivity contribution >= 4 is 17.2 Å². The van der Waals surface area contributed by atoms with Gasteiger partial charge in [-0.1, -0.05) is 6.07 Å². The maximum absolute atomic E-state index is 15.4. The number of halogens is 2. The fourth-order valence-electron chi connectivity index (χ4n) is 3.79. The Kier molecular flexibility index (Phi) is 5.37. The summed E-state index contributed by atoms with van der Waals surface area (Å²) in [6, 6.07) is 13.0. The van der Waals surface area contributed by atoms with E-state index in [1.54, 1.807) is 47.7 Å². The Bertz CT molecular complexity index is 1340. The van der Waals surface area contributed by atoms with Crippen molar-refractivity contribution in [3.05, 3.63) is 60.2 Å². The molecule has 0 spiro atoms. The van der Waals surface area contributed by atoms with Gasteiger partial charge in [-0.3, -0.25) is 0 Å². The van der Waals surface area contributed by atoms with Gasteiger partial charge in [0.05, 0.1) is 19.3 Å². The molecule has 0 amide bonds. The lowest BCUT2D eigenvalue weighted by Gasteiger charge is -2.19. The van der Waals surface area contributed by atoms with Crippen LogP contribution in [0.2, 0.25) is 0 Å². The van der Waals surface area contributed by atoms with Crippen LogP contribution >= 0.6 is 0 Å². The second-order valence-electron chi connectivity index (χ2n) is 7.22. The molecule has 0 saturated carbocycles. The molecule has 2 aromatic carbocycles. The van der Waals surface area contributed by atoms with Gasteiger partial charge in [-0.2, -0.15) is 0 Å². The summed E-state index contributed by atoms with van der Waals surface area (Å²) < 4.78 is 54.0. The van der Waals surface area contributed by atoms with E-state index in [0.717, 1.165) is 0 Å². The number of pyridine rings is 1. The largest absolute Gasteiger partial charge is 0.491 e. The number of hydrogen-bond donors (Lipinski definition) is 1. The maximum atomic E-state index is 15.4. The fourth-order valence-corrected chi connectivity index (χ4v) is 3.79. The smallest absolute Gasteiger partial charge is 0.200 e. The van der Waals surface area contributed by atoms with E-state index in [2.05, 4.69) is 10.3 Å². The van der Waals surface area contributed by atoms with Crippen molar-refractivity contribution in [2.45, 2.75) is 6.92 Å². The van der Waals surface area contributed by atoms with E-state index >= 15 is 4.39 Å². The van der Waals surface area contributed by atoms with E-state index in [-0.39, 0.29) is 23.6 Å². The molecule has 3 heterocycles. The number of rotatable bonds is 6. The van der Waals surface area contributed by atoms with Crippen LogP contribution in [0.25, 0.3) is 16.9 Å². The molecule has 0 radical (unpaired) electrons. The number of imidazole rings is 1. The molecule has 2 aromatic heterocycles. The number of methoxy groups -OCH3 is 1. The van der Waals surface area contributed by atoms with Gasteiger partial charge in [0.15, 0.2) is 23.1 Å². The molecule has 0 saturated heterocycles. The third kappa shape index (κ3) is 3.65. The molecule has 0 fully saturated rings. The van der Waals surface area contributed by atoms with Gasteiger partial charge in [-0.15, -0.1) is 0 Å². The Morgan fingerprint density at radius 3 is 2.67 bits per heavy atom. The zero-order chi connectivity index (χ0) is 22.9. The van der Waals surface area contributed by atoms with Crippen LogP contribution in [0.4, 0.5) is 20.3 Å². The standard InChI is InChI=1S/C24H21F2N3O4/c1-3-31-17-10-8-15(25)21(22(17)26)23-24(29-19(28-23)5-4-6-20(29)30-2)27-14-7-9-16-18(13-14)33-12-11-32-16/h4-10,13,27H,3,11-12H2,1-2H3. The predicted octanol–water partition coefficient (Wildman–Crippen LogP) is 5.20. The first-order valence-electron chi connectivity index (χ1n) is 10.4.